The Bertz CT molecular complexity index is 972. The van der Waals surface area contributed by atoms with Crippen LogP contribution in [0.5, 0.6) is 0 Å². The van der Waals surface area contributed by atoms with E-state index in [4.69, 9.17) is 10.5 Å². The normalized spacial score (nSPS) is 13.8. The monoisotopic (exact) mass is 365 g/mol. The third-order valence-corrected chi connectivity index (χ3v) is 4.32. The van der Waals surface area contributed by atoms with Gasteiger partial charge in [0.15, 0.2) is 0 Å². The number of hydrogen-bond acceptors (Lipinski definition) is 6. The van der Waals surface area contributed by atoms with E-state index in [9.17, 15) is 9.18 Å². The summed E-state index contributed by atoms with van der Waals surface area (Å²) in [5.74, 6) is -0.732. The van der Waals surface area contributed by atoms with E-state index in [0.717, 1.165) is 11.3 Å². The van der Waals surface area contributed by atoms with E-state index in [2.05, 4.69) is 20.3 Å². The molecule has 3 aromatic rings. The largest absolute Gasteiger partial charge is 0.397 e. The Morgan fingerprint density at radius 1 is 1.07 bits per heavy atom. The second kappa shape index (κ2) is 7.08. The molecule has 0 atom stereocenters. The van der Waals surface area contributed by atoms with Crippen LogP contribution in [0.2, 0.25) is 0 Å². The van der Waals surface area contributed by atoms with Gasteiger partial charge in [0.1, 0.15) is 5.69 Å². The van der Waals surface area contributed by atoms with Crippen molar-refractivity contribution in [2.75, 3.05) is 24.3 Å². The zero-order valence-corrected chi connectivity index (χ0v) is 14.2. The maximum Gasteiger partial charge on any atom is 0.275 e. The van der Waals surface area contributed by atoms with Gasteiger partial charge in [0.2, 0.25) is 5.95 Å². The average molecular weight is 365 g/mol. The number of nitrogens with zero attached hydrogens (tertiary/aromatic N) is 3. The molecule has 0 saturated carbocycles. The third-order valence-electron chi connectivity index (χ3n) is 4.32. The molecule has 1 aromatic carbocycles. The number of nitrogen functional groups attached to an aromatic ring is 1. The van der Waals surface area contributed by atoms with Gasteiger partial charge in [-0.2, -0.15) is 4.39 Å². The molecule has 3 N–H and O–H groups in total. The van der Waals surface area contributed by atoms with Crippen molar-refractivity contribution in [3.63, 3.8) is 0 Å². The second-order valence-electron chi connectivity index (χ2n) is 6.19. The predicted octanol–water partition coefficient (Wildman–Crippen LogP) is 2.63. The molecule has 0 spiro atoms. The van der Waals surface area contributed by atoms with Crippen LogP contribution in [0, 0.1) is 5.95 Å². The summed E-state index contributed by atoms with van der Waals surface area (Å²) in [5.41, 5.74) is 9.25. The standard InChI is InChI=1S/C19H16FN5O2/c20-18-4-2-12(6-24-18)11-1-3-14(21)15(5-11)25-19(26)17-8-22-16(7-23-17)13-9-27-10-13/h1-8,13H,9-10,21H2,(H,25,26). The topological polar surface area (TPSA) is 103 Å². The van der Waals surface area contributed by atoms with Crippen LogP contribution < -0.4 is 11.1 Å². The smallest absolute Gasteiger partial charge is 0.275 e. The minimum absolute atomic E-state index is 0.187. The lowest BCUT2D eigenvalue weighted by atomic mass is 10.1. The molecule has 136 valence electrons. The molecule has 1 saturated heterocycles. The summed E-state index contributed by atoms with van der Waals surface area (Å²) < 4.78 is 18.1. The first kappa shape index (κ1) is 17.0. The lowest BCUT2D eigenvalue weighted by Gasteiger charge is -2.24. The number of benzene rings is 1. The lowest BCUT2D eigenvalue weighted by molar-refractivity contribution is 0.00655. The van der Waals surface area contributed by atoms with Gasteiger partial charge in [0.25, 0.3) is 5.91 Å². The highest BCUT2D eigenvalue weighted by Gasteiger charge is 2.22. The van der Waals surface area contributed by atoms with Gasteiger partial charge in [0.05, 0.1) is 36.5 Å². The molecule has 8 heteroatoms. The van der Waals surface area contributed by atoms with Gasteiger partial charge in [-0.05, 0) is 29.8 Å². The zero-order chi connectivity index (χ0) is 18.8. The van der Waals surface area contributed by atoms with Crippen LogP contribution in [-0.2, 0) is 4.74 Å². The molecule has 4 rings (SSSR count). The number of anilines is 2. The molecule has 0 aliphatic carbocycles. The van der Waals surface area contributed by atoms with E-state index in [1.807, 2.05) is 0 Å². The summed E-state index contributed by atoms with van der Waals surface area (Å²) in [6.45, 7) is 1.25. The van der Waals surface area contributed by atoms with Crippen molar-refractivity contribution < 1.29 is 13.9 Å². The number of nitrogens with two attached hydrogens (primary N) is 1. The Morgan fingerprint density at radius 3 is 2.52 bits per heavy atom. The number of nitrogens with one attached hydrogen (secondary N) is 1. The summed E-state index contributed by atoms with van der Waals surface area (Å²) in [4.78, 5) is 24.6. The highest BCUT2D eigenvalue weighted by atomic mass is 19.1. The molecule has 0 bridgehead atoms. The van der Waals surface area contributed by atoms with E-state index >= 15 is 0 Å². The minimum Gasteiger partial charge on any atom is -0.397 e. The van der Waals surface area contributed by atoms with E-state index in [1.54, 1.807) is 30.5 Å². The van der Waals surface area contributed by atoms with Crippen molar-refractivity contribution in [2.24, 2.45) is 0 Å². The summed E-state index contributed by atoms with van der Waals surface area (Å²) >= 11 is 0. The first-order valence-corrected chi connectivity index (χ1v) is 8.32. The zero-order valence-electron chi connectivity index (χ0n) is 14.2. The number of ether oxygens (including phenoxy) is 1. The van der Waals surface area contributed by atoms with Crippen molar-refractivity contribution in [3.8, 4) is 11.1 Å². The quantitative estimate of drug-likeness (QED) is 0.544. The number of aromatic nitrogens is 3. The molecule has 27 heavy (non-hydrogen) atoms. The van der Waals surface area contributed by atoms with Gasteiger partial charge in [0, 0.05) is 23.9 Å². The van der Waals surface area contributed by atoms with Crippen LogP contribution in [0.3, 0.4) is 0 Å². The SMILES string of the molecule is Nc1ccc(-c2ccc(F)nc2)cc1NC(=O)c1cnc(C2COC2)cn1. The average Bonchev–Trinajstić information content (AvgIpc) is 2.63. The number of halogens is 1. The molecule has 1 amide bonds. The Kier molecular flexibility index (Phi) is 4.47. The van der Waals surface area contributed by atoms with E-state index in [1.165, 1.54) is 18.5 Å². The molecule has 3 heterocycles. The van der Waals surface area contributed by atoms with Crippen LogP contribution in [-0.4, -0.2) is 34.1 Å². The van der Waals surface area contributed by atoms with Gasteiger partial charge in [-0.25, -0.2) is 9.97 Å². The fourth-order valence-corrected chi connectivity index (χ4v) is 2.65. The number of pyridine rings is 1. The molecule has 7 nitrogen and oxygen atoms in total. The summed E-state index contributed by atoms with van der Waals surface area (Å²) in [7, 11) is 0. The number of carbonyl (C=O) groups excluding carboxylic acids is 1. The molecule has 1 aliphatic rings. The lowest BCUT2D eigenvalue weighted by Crippen LogP contribution is -2.26. The second-order valence-corrected chi connectivity index (χ2v) is 6.19. The third kappa shape index (κ3) is 3.61. The predicted molar refractivity (Wildman–Crippen MR) is 97.6 cm³/mol. The molecule has 0 radical (unpaired) electrons. The molecule has 0 unspecified atom stereocenters. The van der Waals surface area contributed by atoms with Crippen LogP contribution in [0.15, 0.2) is 48.9 Å². The van der Waals surface area contributed by atoms with Crippen LogP contribution in [0.1, 0.15) is 22.1 Å². The van der Waals surface area contributed by atoms with Gasteiger partial charge < -0.3 is 15.8 Å². The first-order valence-electron chi connectivity index (χ1n) is 8.32. The van der Waals surface area contributed by atoms with Crippen molar-refractivity contribution in [1.82, 2.24) is 15.0 Å². The number of carbonyl (C=O) groups is 1. The van der Waals surface area contributed by atoms with Crippen LogP contribution >= 0.6 is 0 Å². The summed E-state index contributed by atoms with van der Waals surface area (Å²) in [5, 5.41) is 2.74. The van der Waals surface area contributed by atoms with Gasteiger partial charge in [-0.1, -0.05) is 6.07 Å². The van der Waals surface area contributed by atoms with Crippen molar-refractivity contribution in [1.29, 1.82) is 0 Å². The van der Waals surface area contributed by atoms with Crippen molar-refractivity contribution in [3.05, 3.63) is 66.3 Å². The van der Waals surface area contributed by atoms with Gasteiger partial charge in [-0.3, -0.25) is 9.78 Å². The number of hydrogen-bond donors (Lipinski definition) is 2. The van der Waals surface area contributed by atoms with Gasteiger partial charge in [-0.15, -0.1) is 0 Å². The fraction of sp³-hybridized carbons (Fsp3) is 0.158. The van der Waals surface area contributed by atoms with Crippen molar-refractivity contribution >= 4 is 17.3 Å². The Morgan fingerprint density at radius 2 is 1.89 bits per heavy atom. The van der Waals surface area contributed by atoms with Crippen LogP contribution in [0.25, 0.3) is 11.1 Å². The number of amides is 1. The highest BCUT2D eigenvalue weighted by molar-refractivity contribution is 6.04. The van der Waals surface area contributed by atoms with E-state index in [-0.39, 0.29) is 11.6 Å². The van der Waals surface area contributed by atoms with Crippen LogP contribution in [0.4, 0.5) is 15.8 Å². The molecule has 1 fully saturated rings. The maximum atomic E-state index is 13.0. The highest BCUT2D eigenvalue weighted by Crippen LogP contribution is 2.27. The summed E-state index contributed by atoms with van der Waals surface area (Å²) in [6.07, 6.45) is 4.44. The molecular formula is C19H16FN5O2. The van der Waals surface area contributed by atoms with E-state index < -0.39 is 11.9 Å². The van der Waals surface area contributed by atoms with Crippen molar-refractivity contribution in [2.45, 2.75) is 5.92 Å². The Balaban J connectivity index is 1.53. The molecule has 1 aliphatic heterocycles. The Hall–Kier alpha value is -3.39. The molecule has 2 aromatic heterocycles. The first-order chi connectivity index (χ1) is 13.1. The number of rotatable bonds is 4. The van der Waals surface area contributed by atoms with E-state index in [0.29, 0.717) is 30.2 Å². The minimum atomic E-state index is -0.557. The fourth-order valence-electron chi connectivity index (χ4n) is 2.65. The Labute approximate surface area is 154 Å². The maximum absolute atomic E-state index is 13.0. The van der Waals surface area contributed by atoms with Gasteiger partial charge >= 0.3 is 0 Å². The molecular weight excluding hydrogens is 349 g/mol. The summed E-state index contributed by atoms with van der Waals surface area (Å²) in [6, 6.07) is 8.02.